The molecule has 1 amide bonds. The molecule has 1 aliphatic rings. The molecule has 1 saturated heterocycles. The first-order valence-electron chi connectivity index (χ1n) is 7.58. The Morgan fingerprint density at radius 3 is 2.91 bits per heavy atom. The van der Waals surface area contributed by atoms with Crippen LogP contribution in [0.15, 0.2) is 12.3 Å². The van der Waals surface area contributed by atoms with Crippen LogP contribution in [0.5, 0.6) is 0 Å². The number of carbonyl (C=O) groups is 1. The highest BCUT2D eigenvalue weighted by Crippen LogP contribution is 2.26. The van der Waals surface area contributed by atoms with Crippen LogP contribution in [0, 0.1) is 11.3 Å². The zero-order valence-corrected chi connectivity index (χ0v) is 14.4. The second-order valence-corrected chi connectivity index (χ2v) is 6.98. The summed E-state index contributed by atoms with van der Waals surface area (Å²) >= 11 is 6.21. The fraction of sp³-hybridized carbons (Fsp3) is 0.562. The lowest BCUT2D eigenvalue weighted by Crippen LogP contribution is -2.49. The number of ether oxygens (including phenoxy) is 1. The van der Waals surface area contributed by atoms with Crippen LogP contribution in [0.2, 0.25) is 5.02 Å². The van der Waals surface area contributed by atoms with Crippen molar-refractivity contribution >= 4 is 23.5 Å². The topological polar surface area (TPSA) is 78.2 Å². The van der Waals surface area contributed by atoms with Gasteiger partial charge in [0, 0.05) is 25.3 Å². The van der Waals surface area contributed by atoms with E-state index in [4.69, 9.17) is 21.6 Å². The predicted molar refractivity (Wildman–Crippen MR) is 88.6 cm³/mol. The number of nitriles is 1. The molecule has 0 radical (unpaired) electrons. The number of carbonyl (C=O) groups excluding carboxylic acids is 1. The average Bonchev–Trinajstić information content (AvgIpc) is 2.45. The highest BCUT2D eigenvalue weighted by atomic mass is 35.5. The molecule has 1 N–H and O–H groups in total. The number of pyridine rings is 1. The smallest absolute Gasteiger partial charge is 0.407 e. The number of hydrogen-bond acceptors (Lipinski definition) is 5. The number of nitrogens with zero attached hydrogens (tertiary/aromatic N) is 3. The van der Waals surface area contributed by atoms with E-state index in [1.54, 1.807) is 6.07 Å². The molecular weight excluding hydrogens is 316 g/mol. The summed E-state index contributed by atoms with van der Waals surface area (Å²) in [5, 5.41) is 12.2. The summed E-state index contributed by atoms with van der Waals surface area (Å²) in [6, 6.07) is 3.60. The molecule has 0 bridgehead atoms. The molecule has 1 aliphatic heterocycles. The molecule has 1 aromatic rings. The molecule has 0 aromatic carbocycles. The summed E-state index contributed by atoms with van der Waals surface area (Å²) in [6.07, 6.45) is 2.89. The van der Waals surface area contributed by atoms with Crippen LogP contribution < -0.4 is 10.2 Å². The van der Waals surface area contributed by atoms with E-state index in [1.807, 2.05) is 31.7 Å². The summed E-state index contributed by atoms with van der Waals surface area (Å²) in [5.41, 5.74) is -0.0876. The van der Waals surface area contributed by atoms with E-state index >= 15 is 0 Å². The van der Waals surface area contributed by atoms with Gasteiger partial charge in [-0.15, -0.1) is 0 Å². The van der Waals surface area contributed by atoms with Crippen molar-refractivity contribution in [1.82, 2.24) is 10.3 Å². The van der Waals surface area contributed by atoms with Crippen molar-refractivity contribution in [2.24, 2.45) is 0 Å². The van der Waals surface area contributed by atoms with Crippen LogP contribution in [0.25, 0.3) is 0 Å². The highest BCUT2D eigenvalue weighted by molar-refractivity contribution is 6.33. The number of piperidine rings is 1. The van der Waals surface area contributed by atoms with Crippen molar-refractivity contribution < 1.29 is 9.53 Å². The molecule has 1 atom stereocenters. The Balaban J connectivity index is 2.01. The van der Waals surface area contributed by atoms with Crippen molar-refractivity contribution in [1.29, 1.82) is 5.26 Å². The first-order chi connectivity index (χ1) is 10.8. The molecule has 7 heteroatoms. The van der Waals surface area contributed by atoms with Crippen LogP contribution in [-0.4, -0.2) is 35.8 Å². The quantitative estimate of drug-likeness (QED) is 0.897. The minimum atomic E-state index is -0.517. The number of alkyl carbamates (subject to hydrolysis) is 1. The highest BCUT2D eigenvalue weighted by Gasteiger charge is 2.25. The minimum Gasteiger partial charge on any atom is -0.444 e. The summed E-state index contributed by atoms with van der Waals surface area (Å²) in [7, 11) is 0. The van der Waals surface area contributed by atoms with Crippen molar-refractivity contribution in [3.05, 3.63) is 22.8 Å². The third-order valence-electron chi connectivity index (χ3n) is 3.39. The zero-order valence-electron chi connectivity index (χ0n) is 13.6. The first kappa shape index (κ1) is 17.4. The molecule has 0 saturated carbocycles. The maximum absolute atomic E-state index is 11.9. The Morgan fingerprint density at radius 2 is 2.30 bits per heavy atom. The number of amides is 1. The van der Waals surface area contributed by atoms with Crippen LogP contribution in [0.1, 0.15) is 39.2 Å². The third kappa shape index (κ3) is 5.00. The Labute approximate surface area is 141 Å². The van der Waals surface area contributed by atoms with Gasteiger partial charge in [-0.25, -0.2) is 9.78 Å². The molecule has 6 nitrogen and oxygen atoms in total. The number of nitrogens with one attached hydrogen (secondary N) is 1. The minimum absolute atomic E-state index is 0.0212. The summed E-state index contributed by atoms with van der Waals surface area (Å²) < 4.78 is 5.29. The van der Waals surface area contributed by atoms with Gasteiger partial charge < -0.3 is 15.0 Å². The van der Waals surface area contributed by atoms with E-state index in [1.165, 1.54) is 6.20 Å². The first-order valence-corrected chi connectivity index (χ1v) is 7.96. The van der Waals surface area contributed by atoms with Gasteiger partial charge in [0.15, 0.2) is 0 Å². The largest absolute Gasteiger partial charge is 0.444 e. The monoisotopic (exact) mass is 336 g/mol. The molecule has 1 fully saturated rings. The third-order valence-corrected chi connectivity index (χ3v) is 3.67. The number of rotatable bonds is 2. The lowest BCUT2D eigenvalue weighted by molar-refractivity contribution is 0.0500. The van der Waals surface area contributed by atoms with Crippen molar-refractivity contribution in [3.63, 3.8) is 0 Å². The van der Waals surface area contributed by atoms with E-state index < -0.39 is 11.7 Å². The van der Waals surface area contributed by atoms with Crippen molar-refractivity contribution in [2.45, 2.75) is 45.3 Å². The van der Waals surface area contributed by atoms with E-state index in [2.05, 4.69) is 10.3 Å². The molecular formula is C16H21ClN4O2. The van der Waals surface area contributed by atoms with Crippen LogP contribution >= 0.6 is 11.6 Å². The standard InChI is InChI=1S/C16H21ClN4O2/c1-16(2,3)23-15(22)20-12-5-4-6-21(10-12)14-13(17)7-11(8-18)9-19-14/h7,9,12H,4-6,10H2,1-3H3,(H,20,22)/t12-/m1/s1. The van der Waals surface area contributed by atoms with Gasteiger partial charge in [-0.3, -0.25) is 0 Å². The Hall–Kier alpha value is -2.00. The Morgan fingerprint density at radius 1 is 1.57 bits per heavy atom. The summed E-state index contributed by atoms with van der Waals surface area (Å²) in [4.78, 5) is 18.2. The van der Waals surface area contributed by atoms with Crippen molar-refractivity contribution in [3.8, 4) is 6.07 Å². The molecule has 124 valence electrons. The van der Waals surface area contributed by atoms with Gasteiger partial charge in [0.1, 0.15) is 17.5 Å². The summed E-state index contributed by atoms with van der Waals surface area (Å²) in [6.45, 7) is 6.92. The predicted octanol–water partition coefficient (Wildman–Crippen LogP) is 3.10. The molecule has 0 aliphatic carbocycles. The molecule has 2 rings (SSSR count). The van der Waals surface area contributed by atoms with Gasteiger partial charge in [0.05, 0.1) is 10.6 Å². The van der Waals surface area contributed by atoms with E-state index in [-0.39, 0.29) is 6.04 Å². The number of anilines is 1. The average molecular weight is 337 g/mol. The maximum atomic E-state index is 11.9. The van der Waals surface area contributed by atoms with Gasteiger partial charge in [-0.2, -0.15) is 5.26 Å². The normalized spacial score (nSPS) is 18.2. The Kier molecular flexibility index (Phi) is 5.32. The maximum Gasteiger partial charge on any atom is 0.407 e. The van der Waals surface area contributed by atoms with Crippen LogP contribution in [0.4, 0.5) is 10.6 Å². The molecule has 0 unspecified atom stereocenters. The molecule has 1 aromatic heterocycles. The van der Waals surface area contributed by atoms with E-state index in [0.717, 1.165) is 19.4 Å². The number of hydrogen-bond donors (Lipinski definition) is 1. The second kappa shape index (κ2) is 7.05. The molecule has 0 spiro atoms. The SMILES string of the molecule is CC(C)(C)OC(=O)N[C@@H]1CCCN(c2ncc(C#N)cc2Cl)C1. The van der Waals surface area contributed by atoms with Crippen molar-refractivity contribution in [2.75, 3.05) is 18.0 Å². The summed E-state index contributed by atoms with van der Waals surface area (Å²) in [5.74, 6) is 0.640. The fourth-order valence-corrected chi connectivity index (χ4v) is 2.77. The van der Waals surface area contributed by atoms with E-state index in [0.29, 0.717) is 22.9 Å². The van der Waals surface area contributed by atoms with Gasteiger partial charge in [-0.05, 0) is 39.7 Å². The molecule has 23 heavy (non-hydrogen) atoms. The second-order valence-electron chi connectivity index (χ2n) is 6.57. The van der Waals surface area contributed by atoms with Gasteiger partial charge >= 0.3 is 6.09 Å². The number of halogens is 1. The van der Waals surface area contributed by atoms with Crippen LogP contribution in [0.3, 0.4) is 0 Å². The fourth-order valence-electron chi connectivity index (χ4n) is 2.49. The van der Waals surface area contributed by atoms with Crippen LogP contribution in [-0.2, 0) is 4.74 Å². The van der Waals surface area contributed by atoms with E-state index in [9.17, 15) is 4.79 Å². The molecule has 2 heterocycles. The Bertz CT molecular complexity index is 621. The number of aromatic nitrogens is 1. The lowest BCUT2D eigenvalue weighted by atomic mass is 10.1. The lowest BCUT2D eigenvalue weighted by Gasteiger charge is -2.34. The zero-order chi connectivity index (χ0) is 17.0. The van der Waals surface area contributed by atoms with Gasteiger partial charge in [-0.1, -0.05) is 11.6 Å². The van der Waals surface area contributed by atoms with Gasteiger partial charge in [0.25, 0.3) is 0 Å². The van der Waals surface area contributed by atoms with Gasteiger partial charge in [0.2, 0.25) is 0 Å².